The third-order valence-electron chi connectivity index (χ3n) is 2.99. The fraction of sp³-hybridized carbons (Fsp3) is 0.900. The summed E-state index contributed by atoms with van der Waals surface area (Å²) in [5.74, 6) is 0.196. The minimum absolute atomic E-state index is 0.0126. The van der Waals surface area contributed by atoms with Gasteiger partial charge in [-0.15, -0.1) is 0 Å². The van der Waals surface area contributed by atoms with Crippen LogP contribution in [0.5, 0.6) is 0 Å². The summed E-state index contributed by atoms with van der Waals surface area (Å²) in [6.45, 7) is 2.73. The predicted molar refractivity (Wildman–Crippen MR) is 54.4 cm³/mol. The summed E-state index contributed by atoms with van der Waals surface area (Å²) in [7, 11) is 1.84. The van der Waals surface area contributed by atoms with E-state index in [0.717, 1.165) is 32.5 Å². The molecule has 2 unspecified atom stereocenters. The molecule has 0 bridgehead atoms. The van der Waals surface area contributed by atoms with E-state index < -0.39 is 0 Å². The zero-order valence-corrected chi connectivity index (χ0v) is 9.07. The van der Waals surface area contributed by atoms with E-state index in [2.05, 4.69) is 5.32 Å². The number of carbonyl (C=O) groups excluding carboxylic acids is 1. The van der Waals surface area contributed by atoms with Crippen molar-refractivity contribution in [1.82, 2.24) is 10.2 Å². The van der Waals surface area contributed by atoms with Crippen LogP contribution in [0.4, 0.5) is 0 Å². The minimum atomic E-state index is -0.0126. The highest BCUT2D eigenvalue weighted by Crippen LogP contribution is 2.10. The van der Waals surface area contributed by atoms with E-state index in [1.54, 1.807) is 4.90 Å². The molecule has 0 radical (unpaired) electrons. The number of hydrogen-bond donors (Lipinski definition) is 1. The zero-order chi connectivity index (χ0) is 10.7. The van der Waals surface area contributed by atoms with Gasteiger partial charge in [-0.1, -0.05) is 0 Å². The summed E-state index contributed by atoms with van der Waals surface area (Å²) in [4.78, 5) is 13.3. The first kappa shape index (κ1) is 10.9. The van der Waals surface area contributed by atoms with Crippen LogP contribution in [0.15, 0.2) is 0 Å². The largest absolute Gasteiger partial charge is 0.355 e. The molecule has 2 fully saturated rings. The molecule has 0 aliphatic carbocycles. The smallest absolute Gasteiger partial charge is 0.239 e. The number of likely N-dealkylation sites (N-methyl/N-ethyl adjacent to an activating group) is 1. The number of nitrogens with zero attached hydrogens (tertiary/aromatic N) is 1. The molecule has 2 aliphatic rings. The Morgan fingerprint density at radius 2 is 2.40 bits per heavy atom. The van der Waals surface area contributed by atoms with Gasteiger partial charge in [0.2, 0.25) is 5.91 Å². The third kappa shape index (κ3) is 2.68. The lowest BCUT2D eigenvalue weighted by atomic mass is 10.2. The van der Waals surface area contributed by atoms with Gasteiger partial charge in [-0.3, -0.25) is 4.79 Å². The SMILES string of the molecule is CN1CCC(NCC2CCOCO2)C1=O. The normalized spacial score (nSPS) is 32.3. The lowest BCUT2D eigenvalue weighted by Crippen LogP contribution is -2.42. The van der Waals surface area contributed by atoms with Crippen molar-refractivity contribution in [2.45, 2.75) is 25.0 Å². The number of nitrogens with one attached hydrogen (secondary N) is 1. The van der Waals surface area contributed by atoms with Crippen molar-refractivity contribution in [2.24, 2.45) is 0 Å². The molecule has 0 aromatic carbocycles. The molecule has 0 spiro atoms. The molecule has 0 aromatic heterocycles. The maximum atomic E-state index is 11.6. The van der Waals surface area contributed by atoms with Gasteiger partial charge in [0.25, 0.3) is 0 Å². The second-order valence-electron chi connectivity index (χ2n) is 4.11. The summed E-state index contributed by atoms with van der Waals surface area (Å²) in [5.41, 5.74) is 0. The Kier molecular flexibility index (Phi) is 3.56. The highest BCUT2D eigenvalue weighted by molar-refractivity contribution is 5.83. The summed E-state index contributed by atoms with van der Waals surface area (Å²) in [6, 6.07) is -0.0126. The topological polar surface area (TPSA) is 50.8 Å². The van der Waals surface area contributed by atoms with Gasteiger partial charge in [-0.25, -0.2) is 0 Å². The van der Waals surface area contributed by atoms with E-state index in [-0.39, 0.29) is 18.1 Å². The molecule has 1 amide bonds. The maximum Gasteiger partial charge on any atom is 0.239 e. The molecule has 2 saturated heterocycles. The lowest BCUT2D eigenvalue weighted by Gasteiger charge is -2.24. The van der Waals surface area contributed by atoms with E-state index >= 15 is 0 Å². The number of ether oxygens (including phenoxy) is 2. The van der Waals surface area contributed by atoms with Crippen LogP contribution in [0.2, 0.25) is 0 Å². The van der Waals surface area contributed by atoms with Crippen molar-refractivity contribution in [3.05, 3.63) is 0 Å². The van der Waals surface area contributed by atoms with E-state index in [1.807, 2.05) is 7.05 Å². The molecule has 0 aromatic rings. The van der Waals surface area contributed by atoms with E-state index in [9.17, 15) is 4.79 Å². The molecule has 2 atom stereocenters. The minimum Gasteiger partial charge on any atom is -0.355 e. The van der Waals surface area contributed by atoms with Crippen LogP contribution < -0.4 is 5.32 Å². The summed E-state index contributed by atoms with van der Waals surface area (Å²) in [5, 5.41) is 3.26. The average molecular weight is 214 g/mol. The van der Waals surface area contributed by atoms with E-state index in [4.69, 9.17) is 9.47 Å². The first-order valence-corrected chi connectivity index (χ1v) is 5.45. The van der Waals surface area contributed by atoms with Gasteiger partial charge in [0.15, 0.2) is 0 Å². The quantitative estimate of drug-likeness (QED) is 0.692. The second-order valence-corrected chi connectivity index (χ2v) is 4.11. The Morgan fingerprint density at radius 1 is 1.53 bits per heavy atom. The van der Waals surface area contributed by atoms with E-state index in [1.165, 1.54) is 0 Å². The summed E-state index contributed by atoms with van der Waals surface area (Å²) >= 11 is 0. The van der Waals surface area contributed by atoms with Gasteiger partial charge in [-0.05, 0) is 12.8 Å². The Bertz CT molecular complexity index is 229. The molecule has 86 valence electrons. The Labute approximate surface area is 89.7 Å². The second kappa shape index (κ2) is 4.92. The predicted octanol–water partition coefficient (Wildman–Crippen LogP) is -0.430. The van der Waals surface area contributed by atoms with E-state index in [0.29, 0.717) is 6.79 Å². The first-order valence-electron chi connectivity index (χ1n) is 5.45. The molecule has 2 heterocycles. The molecular weight excluding hydrogens is 196 g/mol. The van der Waals surface area contributed by atoms with Crippen molar-refractivity contribution in [2.75, 3.05) is 33.5 Å². The Hall–Kier alpha value is -0.650. The highest BCUT2D eigenvalue weighted by atomic mass is 16.7. The van der Waals surface area contributed by atoms with Crippen LogP contribution in [0, 0.1) is 0 Å². The fourth-order valence-corrected chi connectivity index (χ4v) is 1.95. The number of hydrogen-bond acceptors (Lipinski definition) is 4. The molecule has 5 heteroatoms. The molecule has 15 heavy (non-hydrogen) atoms. The van der Waals surface area contributed by atoms with Gasteiger partial charge < -0.3 is 19.7 Å². The van der Waals surface area contributed by atoms with Gasteiger partial charge in [0.05, 0.1) is 18.8 Å². The standard InChI is InChI=1S/C10H18N2O3/c1-12-4-2-9(10(12)13)11-6-8-3-5-14-7-15-8/h8-9,11H,2-7H2,1H3. The monoisotopic (exact) mass is 214 g/mol. The van der Waals surface area contributed by atoms with Gasteiger partial charge in [0.1, 0.15) is 6.79 Å². The molecular formula is C10H18N2O3. The first-order chi connectivity index (χ1) is 7.27. The van der Waals surface area contributed by atoms with Crippen LogP contribution in [-0.4, -0.2) is 56.5 Å². The van der Waals surface area contributed by atoms with Crippen LogP contribution >= 0.6 is 0 Å². The number of rotatable bonds is 3. The zero-order valence-electron chi connectivity index (χ0n) is 9.07. The van der Waals surface area contributed by atoms with Gasteiger partial charge in [0, 0.05) is 20.1 Å². The summed E-state index contributed by atoms with van der Waals surface area (Å²) < 4.78 is 10.5. The van der Waals surface area contributed by atoms with Crippen LogP contribution in [0.25, 0.3) is 0 Å². The number of likely N-dealkylation sites (tertiary alicyclic amines) is 1. The molecule has 2 aliphatic heterocycles. The average Bonchev–Trinajstić information content (AvgIpc) is 2.59. The van der Waals surface area contributed by atoms with Crippen molar-refractivity contribution in [3.8, 4) is 0 Å². The lowest BCUT2D eigenvalue weighted by molar-refractivity contribution is -0.138. The number of amides is 1. The van der Waals surface area contributed by atoms with Crippen molar-refractivity contribution in [1.29, 1.82) is 0 Å². The van der Waals surface area contributed by atoms with Crippen molar-refractivity contribution in [3.63, 3.8) is 0 Å². The molecule has 5 nitrogen and oxygen atoms in total. The van der Waals surface area contributed by atoms with Crippen LogP contribution in [0.3, 0.4) is 0 Å². The number of carbonyl (C=O) groups is 1. The van der Waals surface area contributed by atoms with Crippen molar-refractivity contribution >= 4 is 5.91 Å². The molecule has 0 saturated carbocycles. The van der Waals surface area contributed by atoms with Crippen LogP contribution in [-0.2, 0) is 14.3 Å². The summed E-state index contributed by atoms with van der Waals surface area (Å²) in [6.07, 6.45) is 2.00. The Morgan fingerprint density at radius 3 is 3.00 bits per heavy atom. The van der Waals surface area contributed by atoms with Gasteiger partial charge in [-0.2, -0.15) is 0 Å². The van der Waals surface area contributed by atoms with Crippen molar-refractivity contribution < 1.29 is 14.3 Å². The molecule has 1 N–H and O–H groups in total. The third-order valence-corrected chi connectivity index (χ3v) is 2.99. The van der Waals surface area contributed by atoms with Crippen LogP contribution in [0.1, 0.15) is 12.8 Å². The highest BCUT2D eigenvalue weighted by Gasteiger charge is 2.29. The Balaban J connectivity index is 1.71. The fourth-order valence-electron chi connectivity index (χ4n) is 1.95. The maximum absolute atomic E-state index is 11.6. The van der Waals surface area contributed by atoms with Gasteiger partial charge >= 0.3 is 0 Å². The molecule has 2 rings (SSSR count).